The highest BCUT2D eigenvalue weighted by Crippen LogP contribution is 2.10. The van der Waals surface area contributed by atoms with Gasteiger partial charge in [-0.3, -0.25) is 4.72 Å². The molecule has 0 fully saturated rings. The van der Waals surface area contributed by atoms with Crippen LogP contribution in [0.3, 0.4) is 0 Å². The molecule has 77 valence electrons. The summed E-state index contributed by atoms with van der Waals surface area (Å²) < 4.78 is 25.2. The number of benzene rings is 1. The second-order valence-electron chi connectivity index (χ2n) is 3.12. The third-order valence-electron chi connectivity index (χ3n) is 1.70. The molecule has 14 heavy (non-hydrogen) atoms. The first-order chi connectivity index (χ1) is 6.53. The molecule has 1 aromatic rings. The second kappa shape index (κ2) is 4.46. The van der Waals surface area contributed by atoms with Crippen LogP contribution in [0.1, 0.15) is 18.9 Å². The molecule has 0 amide bonds. The Kier molecular flexibility index (Phi) is 3.52. The molecular weight excluding hydrogens is 198 g/mol. The fourth-order valence-corrected chi connectivity index (χ4v) is 2.21. The van der Waals surface area contributed by atoms with Crippen LogP contribution in [0.5, 0.6) is 0 Å². The molecule has 0 bridgehead atoms. The molecule has 0 saturated heterocycles. The minimum absolute atomic E-state index is 0.152. The molecule has 0 heterocycles. The smallest absolute Gasteiger partial charge is 0.232 e. The molecule has 3 nitrogen and oxygen atoms in total. The van der Waals surface area contributed by atoms with Gasteiger partial charge in [0.25, 0.3) is 0 Å². The summed E-state index contributed by atoms with van der Waals surface area (Å²) in [6, 6.07) is 6.94. The molecule has 0 unspecified atom stereocenters. The van der Waals surface area contributed by atoms with Gasteiger partial charge < -0.3 is 0 Å². The van der Waals surface area contributed by atoms with Gasteiger partial charge in [0.1, 0.15) is 0 Å². The first-order valence-corrected chi connectivity index (χ1v) is 6.11. The van der Waals surface area contributed by atoms with Gasteiger partial charge in [0.05, 0.1) is 5.75 Å². The Balaban J connectivity index is 2.74. The first kappa shape index (κ1) is 11.0. The van der Waals surface area contributed by atoms with Gasteiger partial charge in [-0.25, -0.2) is 8.42 Å². The predicted octanol–water partition coefficient (Wildman–Crippen LogP) is 2.02. The Morgan fingerprint density at radius 2 is 1.86 bits per heavy atom. The number of sulfonamides is 1. The summed E-state index contributed by atoms with van der Waals surface area (Å²) in [6.45, 7) is 5.55. The van der Waals surface area contributed by atoms with Gasteiger partial charge in [0.15, 0.2) is 0 Å². The maximum Gasteiger partial charge on any atom is 0.232 e. The van der Waals surface area contributed by atoms with Gasteiger partial charge >= 0.3 is 0 Å². The van der Waals surface area contributed by atoms with E-state index in [2.05, 4.69) is 11.6 Å². The molecule has 0 atom stereocenters. The summed E-state index contributed by atoms with van der Waals surface area (Å²) in [5.74, 6) is 0.152. The Bertz CT molecular complexity index is 381. The van der Waals surface area contributed by atoms with E-state index < -0.39 is 10.0 Å². The molecule has 1 N–H and O–H groups in total. The molecule has 1 rings (SSSR count). The maximum absolute atomic E-state index is 11.4. The molecule has 0 saturated carbocycles. The monoisotopic (exact) mass is 212 g/mol. The fraction of sp³-hybridized carbons (Fsp3) is 0.300. The zero-order valence-corrected chi connectivity index (χ0v) is 8.97. The molecular formula is C10H14NO2S. The molecule has 1 aromatic carbocycles. The van der Waals surface area contributed by atoms with E-state index in [0.717, 1.165) is 5.56 Å². The zero-order chi connectivity index (χ0) is 10.6. The highest BCUT2D eigenvalue weighted by atomic mass is 32.2. The second-order valence-corrected chi connectivity index (χ2v) is 4.96. The molecule has 4 heteroatoms. The lowest BCUT2D eigenvalue weighted by Gasteiger charge is -2.06. The first-order valence-electron chi connectivity index (χ1n) is 4.46. The lowest BCUT2D eigenvalue weighted by molar-refractivity contribution is 0.600. The van der Waals surface area contributed by atoms with E-state index in [-0.39, 0.29) is 5.75 Å². The lowest BCUT2D eigenvalue weighted by atomic mass is 10.2. The van der Waals surface area contributed by atoms with E-state index in [1.807, 2.05) is 6.92 Å². The summed E-state index contributed by atoms with van der Waals surface area (Å²) in [5, 5.41) is 0. The molecule has 0 aromatic heterocycles. The average molecular weight is 212 g/mol. The Labute approximate surface area is 85.2 Å². The third kappa shape index (κ3) is 3.38. The Morgan fingerprint density at radius 1 is 1.29 bits per heavy atom. The van der Waals surface area contributed by atoms with Gasteiger partial charge in [-0.2, -0.15) is 0 Å². The molecule has 0 aliphatic rings. The normalized spacial score (nSPS) is 11.3. The zero-order valence-electron chi connectivity index (χ0n) is 8.16. The number of nitrogens with one attached hydrogen (secondary N) is 1. The minimum Gasteiger partial charge on any atom is -0.284 e. The quantitative estimate of drug-likeness (QED) is 0.830. The fourth-order valence-electron chi connectivity index (χ4n) is 1.07. The van der Waals surface area contributed by atoms with Crippen LogP contribution >= 0.6 is 0 Å². The van der Waals surface area contributed by atoms with E-state index >= 15 is 0 Å². The average Bonchev–Trinajstić information content (AvgIpc) is 2.08. The number of hydrogen-bond acceptors (Lipinski definition) is 2. The standard InChI is InChI=1S/C10H14NO2S/c1-3-8-14(12,13)11-10-6-4-9(2)5-7-10/h4-7,11H,2-3,8H2,1H3. The van der Waals surface area contributed by atoms with Crippen LogP contribution in [-0.2, 0) is 10.0 Å². The van der Waals surface area contributed by atoms with Crippen molar-refractivity contribution >= 4 is 15.7 Å². The van der Waals surface area contributed by atoms with Gasteiger partial charge in [0.2, 0.25) is 10.0 Å². The molecule has 0 aliphatic heterocycles. The van der Waals surface area contributed by atoms with E-state index in [0.29, 0.717) is 12.1 Å². The SMILES string of the molecule is [CH2]c1ccc(NS(=O)(=O)CCC)cc1. The van der Waals surface area contributed by atoms with Gasteiger partial charge in [-0.05, 0) is 31.0 Å². The Morgan fingerprint density at radius 3 is 2.36 bits per heavy atom. The van der Waals surface area contributed by atoms with Crippen molar-refractivity contribution in [1.82, 2.24) is 0 Å². The van der Waals surface area contributed by atoms with Gasteiger partial charge in [0, 0.05) is 5.69 Å². The minimum atomic E-state index is -3.17. The van der Waals surface area contributed by atoms with Crippen molar-refractivity contribution in [2.45, 2.75) is 13.3 Å². The van der Waals surface area contributed by atoms with Crippen molar-refractivity contribution in [2.24, 2.45) is 0 Å². The van der Waals surface area contributed by atoms with Crippen LogP contribution in [0.2, 0.25) is 0 Å². The van der Waals surface area contributed by atoms with Gasteiger partial charge in [-0.15, -0.1) is 0 Å². The highest BCUT2D eigenvalue weighted by molar-refractivity contribution is 7.92. The summed E-state index contributed by atoms with van der Waals surface area (Å²) >= 11 is 0. The largest absolute Gasteiger partial charge is 0.284 e. The maximum atomic E-state index is 11.4. The third-order valence-corrected chi connectivity index (χ3v) is 3.19. The van der Waals surface area contributed by atoms with E-state index in [1.165, 1.54) is 0 Å². The summed E-state index contributed by atoms with van der Waals surface area (Å²) in [4.78, 5) is 0. The van der Waals surface area contributed by atoms with Crippen molar-refractivity contribution in [2.75, 3.05) is 10.5 Å². The molecule has 1 radical (unpaired) electrons. The highest BCUT2D eigenvalue weighted by Gasteiger charge is 2.07. The van der Waals surface area contributed by atoms with Crippen LogP contribution in [0.25, 0.3) is 0 Å². The Hall–Kier alpha value is -1.03. The predicted molar refractivity (Wildman–Crippen MR) is 58.6 cm³/mol. The van der Waals surface area contributed by atoms with Gasteiger partial charge in [-0.1, -0.05) is 19.1 Å². The van der Waals surface area contributed by atoms with Crippen LogP contribution in [-0.4, -0.2) is 14.2 Å². The van der Waals surface area contributed by atoms with Crippen molar-refractivity contribution < 1.29 is 8.42 Å². The van der Waals surface area contributed by atoms with Crippen LogP contribution in [0.4, 0.5) is 5.69 Å². The summed E-state index contributed by atoms with van der Waals surface area (Å²) in [5.41, 5.74) is 1.45. The number of hydrogen-bond donors (Lipinski definition) is 1. The van der Waals surface area contributed by atoms with Crippen LogP contribution in [0, 0.1) is 6.92 Å². The summed E-state index contributed by atoms with van der Waals surface area (Å²) in [7, 11) is -3.17. The van der Waals surface area contributed by atoms with E-state index in [1.54, 1.807) is 24.3 Å². The van der Waals surface area contributed by atoms with Crippen molar-refractivity contribution in [3.63, 3.8) is 0 Å². The van der Waals surface area contributed by atoms with Crippen molar-refractivity contribution in [3.8, 4) is 0 Å². The molecule has 0 spiro atoms. The number of anilines is 1. The summed E-state index contributed by atoms with van der Waals surface area (Å²) in [6.07, 6.45) is 0.614. The number of rotatable bonds is 4. The van der Waals surface area contributed by atoms with Crippen LogP contribution < -0.4 is 4.72 Å². The van der Waals surface area contributed by atoms with Crippen molar-refractivity contribution in [1.29, 1.82) is 0 Å². The lowest BCUT2D eigenvalue weighted by Crippen LogP contribution is -2.15. The molecule has 0 aliphatic carbocycles. The van der Waals surface area contributed by atoms with E-state index in [4.69, 9.17) is 0 Å². The topological polar surface area (TPSA) is 46.2 Å². The van der Waals surface area contributed by atoms with E-state index in [9.17, 15) is 8.42 Å². The van der Waals surface area contributed by atoms with Crippen molar-refractivity contribution in [3.05, 3.63) is 36.8 Å². The van der Waals surface area contributed by atoms with Crippen LogP contribution in [0.15, 0.2) is 24.3 Å².